The van der Waals surface area contributed by atoms with Gasteiger partial charge in [-0.15, -0.1) is 0 Å². The smallest absolute Gasteiger partial charge is 0.143 e. The molecule has 0 amide bonds. The van der Waals surface area contributed by atoms with Crippen molar-refractivity contribution in [3.8, 4) is 39.1 Å². The topological polar surface area (TPSA) is 21.3 Å². The van der Waals surface area contributed by atoms with Gasteiger partial charge in [0.15, 0.2) is 0 Å². The van der Waals surface area contributed by atoms with Crippen molar-refractivity contribution >= 4 is 60.8 Å². The van der Waals surface area contributed by atoms with Crippen LogP contribution in [0.3, 0.4) is 0 Å². The number of furan rings is 1. The molecule has 2 aliphatic carbocycles. The number of hydrogen-bond acceptors (Lipinski definition) is 2. The highest BCUT2D eigenvalue weighted by molar-refractivity contribution is 6.14. The third kappa shape index (κ3) is 5.54. The third-order valence-electron chi connectivity index (χ3n) is 17.5. The Morgan fingerprint density at radius 2 is 0.818 bits per heavy atom. The van der Waals surface area contributed by atoms with E-state index in [9.17, 15) is 0 Å². The van der Waals surface area contributed by atoms with Crippen molar-refractivity contribution in [3.63, 3.8) is 0 Å². The Labute approximate surface area is 445 Å². The molecule has 77 heavy (non-hydrogen) atoms. The first kappa shape index (κ1) is 42.4. The second kappa shape index (κ2) is 15.8. The number of anilines is 3. The highest BCUT2D eigenvalue weighted by Crippen LogP contribution is 2.62. The van der Waals surface area contributed by atoms with E-state index in [1.54, 1.807) is 0 Å². The summed E-state index contributed by atoms with van der Waals surface area (Å²) in [5.74, 6) is 0. The van der Waals surface area contributed by atoms with Crippen molar-refractivity contribution in [1.29, 1.82) is 0 Å². The number of benzene rings is 12. The molecule has 0 bridgehead atoms. The summed E-state index contributed by atoms with van der Waals surface area (Å²) in [5.41, 5.74) is 25.3. The lowest BCUT2D eigenvalue weighted by Crippen LogP contribution is -2.33. The first-order chi connectivity index (χ1) is 38.2. The molecular formula is C74H46N2O. The molecular weight excluding hydrogens is 933 g/mol. The predicted molar refractivity (Wildman–Crippen MR) is 316 cm³/mol. The van der Waals surface area contributed by atoms with Gasteiger partial charge in [0.2, 0.25) is 0 Å². The largest absolute Gasteiger partial charge is 0.455 e. The van der Waals surface area contributed by atoms with Crippen LogP contribution in [0.25, 0.3) is 82.8 Å². The van der Waals surface area contributed by atoms with E-state index in [1.807, 2.05) is 6.07 Å². The molecule has 17 rings (SSSR count). The van der Waals surface area contributed by atoms with Crippen molar-refractivity contribution in [2.24, 2.45) is 0 Å². The Bertz CT molecular complexity index is 4670. The number of fused-ring (bicyclic) bond motifs is 18. The molecule has 0 saturated carbocycles. The maximum absolute atomic E-state index is 6.59. The van der Waals surface area contributed by atoms with E-state index in [-0.39, 0.29) is 0 Å². The third-order valence-corrected chi connectivity index (χ3v) is 17.5. The average molecular weight is 979 g/mol. The number of nitrogens with zero attached hydrogens (tertiary/aromatic N) is 2. The molecule has 1 aliphatic heterocycles. The SMILES string of the molecule is c1ccc(C2(c3ccccc3)c3ccccc3-c3ccc(N(c4ccc(-c5cccc6c5oc5ccccc56)cc4)c4ccc5c(c4)c4cccc6c4n5-c4ccccc4C64c5ccccc5-c5ccccc54)cc32)cc1. The normalized spacial score (nSPS) is 13.9. The van der Waals surface area contributed by atoms with Crippen molar-refractivity contribution in [3.05, 3.63) is 324 Å². The van der Waals surface area contributed by atoms with Gasteiger partial charge >= 0.3 is 0 Å². The first-order valence-electron chi connectivity index (χ1n) is 26.7. The van der Waals surface area contributed by atoms with E-state index in [1.165, 1.54) is 94.3 Å². The lowest BCUT2D eigenvalue weighted by atomic mass is 9.65. The van der Waals surface area contributed by atoms with E-state index in [0.717, 1.165) is 50.1 Å². The van der Waals surface area contributed by atoms with Crippen LogP contribution in [0, 0.1) is 0 Å². The van der Waals surface area contributed by atoms with Gasteiger partial charge in [0, 0.05) is 44.2 Å². The Kier molecular flexibility index (Phi) is 8.69. The van der Waals surface area contributed by atoms with Gasteiger partial charge in [0.1, 0.15) is 11.2 Å². The van der Waals surface area contributed by atoms with Crippen LogP contribution in [0.15, 0.2) is 283 Å². The zero-order chi connectivity index (χ0) is 50.4. The molecule has 0 radical (unpaired) electrons. The van der Waals surface area contributed by atoms with Crippen LogP contribution in [0.2, 0.25) is 0 Å². The molecule has 0 N–H and O–H groups in total. The Morgan fingerprint density at radius 3 is 1.53 bits per heavy atom. The fraction of sp³-hybridized carbons (Fsp3) is 0.0270. The van der Waals surface area contributed by atoms with Crippen molar-refractivity contribution < 1.29 is 4.42 Å². The standard InChI is InChI=1S/C74H46N2O/c1-3-19-48(20-4-1)73(49-21-5-2-6-22-49)62-30-11-7-25-56(62)57-43-41-52(46-67(57)73)75(50-39-37-47(38-40-50)53-27-17-29-60-58-26-10-16-36-70(58)77-72(53)60)51-42-44-68-61(45-51)59-28-18-34-66-71(59)76(68)69-35-15-14-33-65(69)74(66)63-31-12-8-23-54(63)55-24-9-13-32-64(55)74/h1-46H. The van der Waals surface area contributed by atoms with Crippen LogP contribution >= 0.6 is 0 Å². The van der Waals surface area contributed by atoms with Gasteiger partial charge in [-0.3, -0.25) is 0 Å². The minimum absolute atomic E-state index is 0.483. The first-order valence-corrected chi connectivity index (χ1v) is 26.7. The average Bonchev–Trinajstić information content (AvgIpc) is 4.14. The molecule has 358 valence electrons. The number of aromatic nitrogens is 1. The van der Waals surface area contributed by atoms with Gasteiger partial charge in [-0.05, 0) is 127 Å². The Balaban J connectivity index is 0.914. The van der Waals surface area contributed by atoms with Gasteiger partial charge in [-0.1, -0.05) is 224 Å². The molecule has 3 nitrogen and oxygen atoms in total. The molecule has 14 aromatic rings. The van der Waals surface area contributed by atoms with E-state index in [2.05, 4.69) is 282 Å². The quantitative estimate of drug-likeness (QED) is 0.166. The zero-order valence-corrected chi connectivity index (χ0v) is 41.9. The van der Waals surface area contributed by atoms with Crippen LogP contribution in [0.1, 0.15) is 44.5 Å². The minimum Gasteiger partial charge on any atom is -0.455 e. The van der Waals surface area contributed by atoms with Crippen LogP contribution in [0.4, 0.5) is 17.1 Å². The zero-order valence-electron chi connectivity index (χ0n) is 41.9. The molecule has 0 unspecified atom stereocenters. The number of hydrogen-bond donors (Lipinski definition) is 0. The molecule has 0 saturated heterocycles. The van der Waals surface area contributed by atoms with Gasteiger partial charge in [0.05, 0.1) is 27.6 Å². The highest BCUT2D eigenvalue weighted by Gasteiger charge is 2.51. The van der Waals surface area contributed by atoms with Gasteiger partial charge < -0.3 is 13.9 Å². The molecule has 3 aliphatic rings. The van der Waals surface area contributed by atoms with Crippen LogP contribution < -0.4 is 4.90 Å². The van der Waals surface area contributed by atoms with Crippen molar-refractivity contribution in [1.82, 2.24) is 4.57 Å². The maximum Gasteiger partial charge on any atom is 0.143 e. The number of rotatable bonds is 6. The van der Waals surface area contributed by atoms with Crippen molar-refractivity contribution in [2.45, 2.75) is 10.8 Å². The van der Waals surface area contributed by atoms with E-state index >= 15 is 0 Å². The van der Waals surface area contributed by atoms with Gasteiger partial charge in [-0.2, -0.15) is 0 Å². The highest BCUT2D eigenvalue weighted by atomic mass is 16.3. The molecule has 12 aromatic carbocycles. The summed E-state index contributed by atoms with van der Waals surface area (Å²) in [4.78, 5) is 2.47. The summed E-state index contributed by atoms with van der Waals surface area (Å²) >= 11 is 0. The minimum atomic E-state index is -0.560. The van der Waals surface area contributed by atoms with E-state index in [0.29, 0.717) is 0 Å². The maximum atomic E-state index is 6.59. The lowest BCUT2D eigenvalue weighted by molar-refractivity contribution is 0.670. The predicted octanol–water partition coefficient (Wildman–Crippen LogP) is 18.9. The summed E-state index contributed by atoms with van der Waals surface area (Å²) in [5, 5.41) is 4.70. The summed E-state index contributed by atoms with van der Waals surface area (Å²) in [6.07, 6.45) is 0. The van der Waals surface area contributed by atoms with Crippen molar-refractivity contribution in [2.75, 3.05) is 4.90 Å². The second-order valence-corrected chi connectivity index (χ2v) is 21.0. The van der Waals surface area contributed by atoms with Crippen LogP contribution in [-0.4, -0.2) is 4.57 Å². The van der Waals surface area contributed by atoms with Crippen LogP contribution in [-0.2, 0) is 10.8 Å². The summed E-state index contributed by atoms with van der Waals surface area (Å²) in [6, 6.07) is 104. The number of para-hydroxylation sites is 4. The fourth-order valence-corrected chi connectivity index (χ4v) is 14.5. The second-order valence-electron chi connectivity index (χ2n) is 21.0. The molecule has 2 aromatic heterocycles. The molecule has 3 heterocycles. The monoisotopic (exact) mass is 978 g/mol. The molecule has 1 spiro atoms. The fourth-order valence-electron chi connectivity index (χ4n) is 14.5. The molecule has 3 heteroatoms. The van der Waals surface area contributed by atoms with E-state index in [4.69, 9.17) is 4.42 Å². The Hall–Kier alpha value is -9.96. The summed E-state index contributed by atoms with van der Waals surface area (Å²) < 4.78 is 9.14. The van der Waals surface area contributed by atoms with Gasteiger partial charge in [-0.25, -0.2) is 0 Å². The lowest BCUT2D eigenvalue weighted by Gasteiger charge is -2.39. The summed E-state index contributed by atoms with van der Waals surface area (Å²) in [6.45, 7) is 0. The molecule has 0 fully saturated rings. The molecule has 0 atom stereocenters. The summed E-state index contributed by atoms with van der Waals surface area (Å²) in [7, 11) is 0. The van der Waals surface area contributed by atoms with Crippen LogP contribution in [0.5, 0.6) is 0 Å². The van der Waals surface area contributed by atoms with E-state index < -0.39 is 10.8 Å². The Morgan fingerprint density at radius 1 is 0.312 bits per heavy atom. The van der Waals surface area contributed by atoms with Gasteiger partial charge in [0.25, 0.3) is 0 Å².